The van der Waals surface area contributed by atoms with E-state index >= 15 is 0 Å². The number of aromatic amines is 1. The normalized spacial score (nSPS) is 18.9. The lowest BCUT2D eigenvalue weighted by atomic mass is 10.1. The number of fused-ring (bicyclic) bond motifs is 1. The number of aromatic nitrogens is 2. The molecule has 0 aliphatic carbocycles. The number of rotatable bonds is 5. The molecule has 3 N–H and O–H groups in total. The molecule has 0 unspecified atom stereocenters. The number of H-pyrrole nitrogens is 1. The first kappa shape index (κ1) is 18.7. The molecule has 1 fully saturated rings. The van der Waals surface area contributed by atoms with Gasteiger partial charge in [-0.2, -0.15) is 0 Å². The third-order valence-electron chi connectivity index (χ3n) is 4.44. The minimum Gasteiger partial charge on any atom is -0.462 e. The number of pyridine rings is 1. The van der Waals surface area contributed by atoms with E-state index in [0.29, 0.717) is 24.3 Å². The van der Waals surface area contributed by atoms with Crippen LogP contribution in [-0.2, 0) is 23.9 Å². The summed E-state index contributed by atoms with van der Waals surface area (Å²) in [5.41, 5.74) is 3.99. The maximum absolute atomic E-state index is 12.9. The molecule has 2 aliphatic heterocycles. The number of hydrogen-bond acceptors (Lipinski definition) is 8. The van der Waals surface area contributed by atoms with Crippen molar-refractivity contribution in [1.29, 1.82) is 0 Å². The molecule has 29 heavy (non-hydrogen) atoms. The first-order valence-electron chi connectivity index (χ1n) is 9.13. The van der Waals surface area contributed by atoms with Gasteiger partial charge in [0, 0.05) is 36.4 Å². The van der Waals surface area contributed by atoms with Crippen molar-refractivity contribution in [2.75, 3.05) is 26.2 Å². The van der Waals surface area contributed by atoms with Crippen LogP contribution in [0, 0.1) is 0 Å². The van der Waals surface area contributed by atoms with Crippen LogP contribution in [0.25, 0.3) is 17.1 Å². The predicted molar refractivity (Wildman–Crippen MR) is 102 cm³/mol. The Morgan fingerprint density at radius 3 is 3.10 bits per heavy atom. The number of hydrogen-bond donors (Lipinski definition) is 3. The number of hydrazine groups is 1. The second-order valence-electron chi connectivity index (χ2n) is 6.39. The summed E-state index contributed by atoms with van der Waals surface area (Å²) < 4.78 is 10.7. The van der Waals surface area contributed by atoms with Gasteiger partial charge in [-0.25, -0.2) is 14.8 Å². The van der Waals surface area contributed by atoms with Gasteiger partial charge in [-0.3, -0.25) is 15.0 Å². The van der Waals surface area contributed by atoms with Crippen molar-refractivity contribution in [3.8, 4) is 0 Å². The van der Waals surface area contributed by atoms with Crippen LogP contribution in [0.5, 0.6) is 0 Å². The van der Waals surface area contributed by atoms with E-state index in [0.717, 1.165) is 5.39 Å². The lowest BCUT2D eigenvalue weighted by Gasteiger charge is -2.27. The zero-order chi connectivity index (χ0) is 20.4. The summed E-state index contributed by atoms with van der Waals surface area (Å²) in [7, 11) is 0. The van der Waals surface area contributed by atoms with Crippen molar-refractivity contribution in [3.63, 3.8) is 0 Å². The number of amides is 1. The minimum atomic E-state index is -0.787. The maximum Gasteiger partial charge on any atom is 0.347 e. The van der Waals surface area contributed by atoms with Crippen LogP contribution in [0.1, 0.15) is 12.5 Å². The first-order chi connectivity index (χ1) is 14.1. The van der Waals surface area contributed by atoms with Gasteiger partial charge >= 0.3 is 5.97 Å². The summed E-state index contributed by atoms with van der Waals surface area (Å²) in [6.07, 6.45) is 4.90. The standard InChI is InChI=1S/C19H19N5O5/c1-2-28-19(27)15-16(26)13(8-11-9-22-17-12(11)4-3-5-21-17)29-18(15)23-24-7-6-20-14(25)10-24/h3-5,8-9,23H,2,6-7,10H2,1H3,(H,20,25)(H,21,22)/b13-8-. The van der Waals surface area contributed by atoms with Gasteiger partial charge in [0.15, 0.2) is 11.3 Å². The second kappa shape index (κ2) is 7.76. The molecule has 1 amide bonds. The second-order valence-corrected chi connectivity index (χ2v) is 6.39. The average Bonchev–Trinajstić information content (AvgIpc) is 3.24. The molecule has 10 heteroatoms. The summed E-state index contributed by atoms with van der Waals surface area (Å²) in [6, 6.07) is 3.64. The van der Waals surface area contributed by atoms with E-state index in [4.69, 9.17) is 9.47 Å². The van der Waals surface area contributed by atoms with Crippen LogP contribution >= 0.6 is 0 Å². The largest absolute Gasteiger partial charge is 0.462 e. The molecular weight excluding hydrogens is 378 g/mol. The van der Waals surface area contributed by atoms with Gasteiger partial charge in [0.2, 0.25) is 17.6 Å². The fourth-order valence-electron chi connectivity index (χ4n) is 3.11. The van der Waals surface area contributed by atoms with Gasteiger partial charge in [-0.05, 0) is 25.1 Å². The smallest absolute Gasteiger partial charge is 0.347 e. The molecule has 2 aliphatic rings. The van der Waals surface area contributed by atoms with E-state index in [1.807, 2.05) is 6.07 Å². The Kier molecular flexibility index (Phi) is 5.00. The number of allylic oxidation sites excluding steroid dienone is 1. The van der Waals surface area contributed by atoms with Gasteiger partial charge in [-0.1, -0.05) is 0 Å². The summed E-state index contributed by atoms with van der Waals surface area (Å²) >= 11 is 0. The zero-order valence-corrected chi connectivity index (χ0v) is 15.7. The Morgan fingerprint density at radius 2 is 2.31 bits per heavy atom. The molecule has 0 aromatic carbocycles. The topological polar surface area (TPSA) is 126 Å². The summed E-state index contributed by atoms with van der Waals surface area (Å²) in [4.78, 5) is 44.1. The Morgan fingerprint density at radius 1 is 1.45 bits per heavy atom. The number of piperazine rings is 1. The van der Waals surface area contributed by atoms with Crippen LogP contribution in [0.3, 0.4) is 0 Å². The average molecular weight is 397 g/mol. The fourth-order valence-corrected chi connectivity index (χ4v) is 3.11. The van der Waals surface area contributed by atoms with Crippen molar-refractivity contribution in [3.05, 3.63) is 47.3 Å². The number of carbonyl (C=O) groups excluding carboxylic acids is 3. The number of esters is 1. The number of ether oxygens (including phenoxy) is 2. The Labute approximate surface area is 165 Å². The zero-order valence-electron chi connectivity index (χ0n) is 15.7. The fraction of sp³-hybridized carbons (Fsp3) is 0.263. The predicted octanol–water partition coefficient (Wildman–Crippen LogP) is 0.214. The van der Waals surface area contributed by atoms with E-state index in [1.54, 1.807) is 36.5 Å². The Balaban J connectivity index is 1.64. The highest BCUT2D eigenvalue weighted by Crippen LogP contribution is 2.28. The van der Waals surface area contributed by atoms with Crippen LogP contribution in [0.2, 0.25) is 0 Å². The molecule has 0 saturated carbocycles. The van der Waals surface area contributed by atoms with Crippen molar-refractivity contribution in [1.82, 2.24) is 25.7 Å². The molecule has 4 rings (SSSR count). The third-order valence-corrected chi connectivity index (χ3v) is 4.44. The van der Waals surface area contributed by atoms with Gasteiger partial charge in [0.05, 0.1) is 13.2 Å². The number of nitrogens with zero attached hydrogens (tertiary/aromatic N) is 2. The molecule has 10 nitrogen and oxygen atoms in total. The van der Waals surface area contributed by atoms with E-state index in [-0.39, 0.29) is 36.3 Å². The minimum absolute atomic E-state index is 0.0261. The lowest BCUT2D eigenvalue weighted by molar-refractivity contribution is -0.139. The van der Waals surface area contributed by atoms with E-state index in [2.05, 4.69) is 20.7 Å². The molecule has 1 saturated heterocycles. The number of ketones is 1. The van der Waals surface area contributed by atoms with Crippen LogP contribution in [0.4, 0.5) is 0 Å². The molecule has 2 aromatic heterocycles. The summed E-state index contributed by atoms with van der Waals surface area (Å²) in [6.45, 7) is 2.74. The van der Waals surface area contributed by atoms with E-state index < -0.39 is 11.8 Å². The maximum atomic E-state index is 12.9. The third kappa shape index (κ3) is 3.69. The molecule has 0 spiro atoms. The Hall–Kier alpha value is -3.66. The van der Waals surface area contributed by atoms with Gasteiger partial charge in [-0.15, -0.1) is 0 Å². The van der Waals surface area contributed by atoms with Crippen molar-refractivity contribution < 1.29 is 23.9 Å². The molecule has 4 heterocycles. The van der Waals surface area contributed by atoms with Crippen LogP contribution in [-0.4, -0.2) is 58.9 Å². The Bertz CT molecular complexity index is 1050. The van der Waals surface area contributed by atoms with E-state index in [9.17, 15) is 14.4 Å². The molecule has 0 radical (unpaired) electrons. The molecule has 0 atom stereocenters. The van der Waals surface area contributed by atoms with Gasteiger partial charge in [0.1, 0.15) is 5.65 Å². The number of nitrogens with one attached hydrogen (secondary N) is 3. The lowest BCUT2D eigenvalue weighted by Crippen LogP contribution is -2.53. The van der Waals surface area contributed by atoms with Gasteiger partial charge < -0.3 is 19.8 Å². The summed E-state index contributed by atoms with van der Waals surface area (Å²) in [5, 5.41) is 5.08. The van der Waals surface area contributed by atoms with Crippen molar-refractivity contribution in [2.45, 2.75) is 6.92 Å². The first-order valence-corrected chi connectivity index (χ1v) is 9.13. The van der Waals surface area contributed by atoms with Crippen LogP contribution in [0.15, 0.2) is 41.7 Å². The number of Topliss-reactive ketones (excluding diaryl/α,β-unsaturated/α-hetero) is 1. The summed E-state index contributed by atoms with van der Waals surface area (Å²) in [5.74, 6) is -1.63. The molecule has 0 bridgehead atoms. The number of carbonyl (C=O) groups is 3. The van der Waals surface area contributed by atoms with Crippen molar-refractivity contribution in [2.24, 2.45) is 0 Å². The van der Waals surface area contributed by atoms with Crippen molar-refractivity contribution >= 4 is 34.8 Å². The van der Waals surface area contributed by atoms with Gasteiger partial charge in [0.25, 0.3) is 0 Å². The molecule has 2 aromatic rings. The highest BCUT2D eigenvalue weighted by molar-refractivity contribution is 6.26. The SMILES string of the molecule is CCOC(=O)C1=C(NN2CCNC(=O)C2)O/C(=C\c2c[nH]c3ncccc23)C1=O. The molecule has 150 valence electrons. The quantitative estimate of drug-likeness (QED) is 0.372. The monoisotopic (exact) mass is 397 g/mol. The molecular formula is C19H19N5O5. The van der Waals surface area contributed by atoms with Crippen LogP contribution < -0.4 is 10.7 Å². The van der Waals surface area contributed by atoms with E-state index in [1.165, 1.54) is 0 Å². The highest BCUT2D eigenvalue weighted by atomic mass is 16.5. The highest BCUT2D eigenvalue weighted by Gasteiger charge is 2.38.